The molecule has 1 aliphatic rings. The first-order valence-electron chi connectivity index (χ1n) is 9.36. The third kappa shape index (κ3) is 6.02. The lowest BCUT2D eigenvalue weighted by atomic mass is 9.91. The summed E-state index contributed by atoms with van der Waals surface area (Å²) in [6.07, 6.45) is 0.763. The van der Waals surface area contributed by atoms with Crippen molar-refractivity contribution in [3.05, 3.63) is 65.5 Å². The van der Waals surface area contributed by atoms with E-state index in [1.54, 1.807) is 30.3 Å². The predicted molar refractivity (Wildman–Crippen MR) is 113 cm³/mol. The monoisotopic (exact) mass is 420 g/mol. The van der Waals surface area contributed by atoms with Gasteiger partial charge in [0.25, 0.3) is 0 Å². The van der Waals surface area contributed by atoms with Crippen molar-refractivity contribution in [3.63, 3.8) is 0 Å². The molecule has 2 aromatic rings. The third-order valence-electron chi connectivity index (χ3n) is 4.57. The van der Waals surface area contributed by atoms with Gasteiger partial charge in [-0.1, -0.05) is 12.1 Å². The Morgan fingerprint density at radius 3 is 2.45 bits per heavy atom. The summed E-state index contributed by atoms with van der Waals surface area (Å²) in [6.45, 7) is 6.12. The van der Waals surface area contributed by atoms with E-state index in [-0.39, 0.29) is 30.0 Å². The lowest BCUT2D eigenvalue weighted by molar-refractivity contribution is -0.118. The summed E-state index contributed by atoms with van der Waals surface area (Å²) in [5.41, 5.74) is 1.25. The molecule has 29 heavy (non-hydrogen) atoms. The molecule has 1 saturated heterocycles. The quantitative estimate of drug-likeness (QED) is 0.724. The molecule has 0 saturated carbocycles. The number of hydrogen-bond donors (Lipinski definition) is 2. The van der Waals surface area contributed by atoms with Crippen LogP contribution in [0.15, 0.2) is 48.5 Å². The number of carbonyl (C=O) groups excluding carboxylic acids is 2. The summed E-state index contributed by atoms with van der Waals surface area (Å²) in [7, 11) is 0. The van der Waals surface area contributed by atoms with Crippen molar-refractivity contribution >= 4 is 30.0 Å². The first-order valence-corrected chi connectivity index (χ1v) is 9.36. The van der Waals surface area contributed by atoms with Gasteiger partial charge in [-0.3, -0.25) is 4.79 Å². The summed E-state index contributed by atoms with van der Waals surface area (Å²) in [5.74, 6) is -0.983. The molecule has 0 radical (unpaired) electrons. The summed E-state index contributed by atoms with van der Waals surface area (Å²) >= 11 is 0. The normalized spacial score (nSPS) is 18.6. The first-order chi connectivity index (χ1) is 13.2. The number of carbonyl (C=O) groups is 2. The van der Waals surface area contributed by atoms with Crippen molar-refractivity contribution in [3.8, 4) is 0 Å². The Hall–Kier alpha value is -2.44. The number of nitrogens with one attached hydrogen (secondary N) is 2. The second-order valence-electron chi connectivity index (χ2n) is 7.95. The molecule has 2 aromatic carbocycles. The fraction of sp³-hybridized carbons (Fsp3) is 0.364. The third-order valence-corrected chi connectivity index (χ3v) is 4.57. The lowest BCUT2D eigenvalue weighted by Gasteiger charge is -2.20. The van der Waals surface area contributed by atoms with Crippen LogP contribution in [0.25, 0.3) is 0 Å². The summed E-state index contributed by atoms with van der Waals surface area (Å²) in [5, 5.41) is 6.06. The van der Waals surface area contributed by atoms with Crippen molar-refractivity contribution in [1.82, 2.24) is 5.32 Å². The van der Waals surface area contributed by atoms with Crippen LogP contribution in [0.1, 0.15) is 49.0 Å². The number of esters is 1. The molecule has 3 rings (SSSR count). The number of rotatable bonds is 4. The van der Waals surface area contributed by atoms with Crippen LogP contribution < -0.4 is 10.6 Å². The highest BCUT2D eigenvalue weighted by atomic mass is 35.5. The Morgan fingerprint density at radius 1 is 1.14 bits per heavy atom. The molecule has 1 amide bonds. The molecule has 0 aromatic heterocycles. The second-order valence-corrected chi connectivity index (χ2v) is 7.95. The van der Waals surface area contributed by atoms with Gasteiger partial charge in [0.05, 0.1) is 11.6 Å². The van der Waals surface area contributed by atoms with E-state index in [1.807, 2.05) is 26.8 Å². The number of halogens is 2. The van der Waals surface area contributed by atoms with Crippen molar-refractivity contribution in [2.45, 2.75) is 44.8 Å². The van der Waals surface area contributed by atoms with Gasteiger partial charge in [-0.05, 0) is 75.7 Å². The predicted octanol–water partition coefficient (Wildman–Crippen LogP) is 4.29. The zero-order chi connectivity index (χ0) is 20.3. The molecule has 5 nitrogen and oxygen atoms in total. The fourth-order valence-electron chi connectivity index (χ4n) is 3.32. The van der Waals surface area contributed by atoms with Crippen LogP contribution in [0.5, 0.6) is 0 Å². The standard InChI is InChI=1S/C22H25FN2O3.ClH/c1-22(2,3)28-21(27)14-7-9-17(10-8-14)25-20(26)19-18(11-12-24-19)15-5-4-6-16(23)13-15;/h4-10,13,18-19,24H,11-12H2,1-3H3,(H,25,26);1H/t18-,19-;/m0./s1. The maximum absolute atomic E-state index is 13.5. The van der Waals surface area contributed by atoms with E-state index in [2.05, 4.69) is 10.6 Å². The van der Waals surface area contributed by atoms with E-state index >= 15 is 0 Å². The minimum atomic E-state index is -0.565. The minimum absolute atomic E-state index is 0. The van der Waals surface area contributed by atoms with E-state index in [0.29, 0.717) is 17.8 Å². The molecule has 156 valence electrons. The molecule has 1 heterocycles. The van der Waals surface area contributed by atoms with E-state index in [4.69, 9.17) is 4.74 Å². The number of hydrogen-bond acceptors (Lipinski definition) is 4. The average Bonchev–Trinajstić information content (AvgIpc) is 3.11. The van der Waals surface area contributed by atoms with Gasteiger partial charge in [0.1, 0.15) is 11.4 Å². The molecule has 0 unspecified atom stereocenters. The molecule has 0 bridgehead atoms. The van der Waals surface area contributed by atoms with Crippen LogP contribution in [0.4, 0.5) is 10.1 Å². The van der Waals surface area contributed by atoms with Gasteiger partial charge in [-0.15, -0.1) is 12.4 Å². The van der Waals surface area contributed by atoms with Crippen LogP contribution in [-0.4, -0.2) is 30.1 Å². The van der Waals surface area contributed by atoms with Crippen molar-refractivity contribution in [2.24, 2.45) is 0 Å². The van der Waals surface area contributed by atoms with Gasteiger partial charge in [-0.2, -0.15) is 0 Å². The first kappa shape index (κ1) is 22.8. The Labute approximate surface area is 176 Å². The summed E-state index contributed by atoms with van der Waals surface area (Å²) in [4.78, 5) is 24.8. The lowest BCUT2D eigenvalue weighted by Crippen LogP contribution is -2.39. The number of ether oxygens (including phenoxy) is 1. The molecule has 2 N–H and O–H groups in total. The van der Waals surface area contributed by atoms with Gasteiger partial charge >= 0.3 is 5.97 Å². The average molecular weight is 421 g/mol. The maximum Gasteiger partial charge on any atom is 0.338 e. The van der Waals surface area contributed by atoms with Gasteiger partial charge in [-0.25, -0.2) is 9.18 Å². The molecular weight excluding hydrogens is 395 g/mol. The zero-order valence-corrected chi connectivity index (χ0v) is 17.5. The summed E-state index contributed by atoms with van der Waals surface area (Å²) in [6, 6.07) is 12.5. The SMILES string of the molecule is CC(C)(C)OC(=O)c1ccc(NC(=O)[C@H]2NCC[C@H]2c2cccc(F)c2)cc1.Cl. The van der Waals surface area contributed by atoms with Crippen LogP contribution in [0.2, 0.25) is 0 Å². The molecule has 0 spiro atoms. The maximum atomic E-state index is 13.5. The Balaban J connectivity index is 0.00000300. The van der Waals surface area contributed by atoms with E-state index < -0.39 is 17.6 Å². The smallest absolute Gasteiger partial charge is 0.338 e. The number of anilines is 1. The van der Waals surface area contributed by atoms with Gasteiger partial charge in [0.2, 0.25) is 5.91 Å². The van der Waals surface area contributed by atoms with Crippen LogP contribution in [0.3, 0.4) is 0 Å². The largest absolute Gasteiger partial charge is 0.456 e. The molecule has 7 heteroatoms. The van der Waals surface area contributed by atoms with Gasteiger partial charge < -0.3 is 15.4 Å². The Kier molecular flexibility index (Phi) is 7.38. The van der Waals surface area contributed by atoms with Crippen LogP contribution in [0, 0.1) is 5.82 Å². The highest BCUT2D eigenvalue weighted by Gasteiger charge is 2.34. The molecule has 2 atom stereocenters. The van der Waals surface area contributed by atoms with Crippen molar-refractivity contribution < 1.29 is 18.7 Å². The van der Waals surface area contributed by atoms with E-state index in [1.165, 1.54) is 12.1 Å². The van der Waals surface area contributed by atoms with Crippen molar-refractivity contribution in [2.75, 3.05) is 11.9 Å². The minimum Gasteiger partial charge on any atom is -0.456 e. The molecular formula is C22H26ClFN2O3. The molecule has 0 aliphatic carbocycles. The highest BCUT2D eigenvalue weighted by molar-refractivity contribution is 5.96. The Morgan fingerprint density at radius 2 is 1.83 bits per heavy atom. The van der Waals surface area contributed by atoms with Gasteiger partial charge in [0, 0.05) is 11.6 Å². The van der Waals surface area contributed by atoms with Crippen LogP contribution in [-0.2, 0) is 9.53 Å². The number of amides is 1. The van der Waals surface area contributed by atoms with Crippen molar-refractivity contribution in [1.29, 1.82) is 0 Å². The topological polar surface area (TPSA) is 67.4 Å². The number of benzene rings is 2. The Bertz CT molecular complexity index is 865. The van der Waals surface area contributed by atoms with E-state index in [0.717, 1.165) is 12.0 Å². The van der Waals surface area contributed by atoms with E-state index in [9.17, 15) is 14.0 Å². The summed E-state index contributed by atoms with van der Waals surface area (Å²) < 4.78 is 18.9. The highest BCUT2D eigenvalue weighted by Crippen LogP contribution is 2.29. The van der Waals surface area contributed by atoms with Gasteiger partial charge in [0.15, 0.2) is 0 Å². The van der Waals surface area contributed by atoms with Crippen LogP contribution >= 0.6 is 12.4 Å². The molecule has 1 fully saturated rings. The fourth-order valence-corrected chi connectivity index (χ4v) is 3.32. The molecule has 1 aliphatic heterocycles. The zero-order valence-electron chi connectivity index (χ0n) is 16.7. The second kappa shape index (κ2) is 9.37.